The number of nitrogens with zero attached hydrogens (tertiary/aromatic N) is 7. The Bertz CT molecular complexity index is 3230. The number of aromatic nitrogens is 5. The molecule has 7 rings (SSSR count). The van der Waals surface area contributed by atoms with E-state index in [9.17, 15) is 67.0 Å². The van der Waals surface area contributed by atoms with Crippen molar-refractivity contribution in [2.45, 2.75) is 94.2 Å². The molecule has 0 radical (unpaired) electrons. The molecule has 2 unspecified atom stereocenters. The second kappa shape index (κ2) is 19.1. The molecule has 2 aliphatic rings. The highest BCUT2D eigenvalue weighted by atomic mass is 35.5. The van der Waals surface area contributed by atoms with E-state index in [1.54, 1.807) is 0 Å². The van der Waals surface area contributed by atoms with E-state index in [0.717, 1.165) is 35.4 Å². The molecule has 2 amide bonds. The minimum Gasteiger partial charge on any atom is -0.389 e. The summed E-state index contributed by atoms with van der Waals surface area (Å²) in [7, 11) is -2.66. The molecule has 28 heteroatoms. The highest BCUT2D eigenvalue weighted by Gasteiger charge is 2.68. The summed E-state index contributed by atoms with van der Waals surface area (Å²) in [5.74, 6) is -6.65. The zero-order valence-electron chi connectivity index (χ0n) is 39.1. The molecule has 2 aliphatic carbocycles. The van der Waals surface area contributed by atoms with Crippen LogP contribution in [0, 0.1) is 29.4 Å². The molecule has 1 fully saturated rings. The zero-order valence-corrected chi connectivity index (χ0v) is 41.4. The van der Waals surface area contributed by atoms with Gasteiger partial charge in [-0.05, 0) is 88.3 Å². The van der Waals surface area contributed by atoms with Gasteiger partial charge in [-0.1, -0.05) is 23.6 Å². The number of alkyl halides is 8. The van der Waals surface area contributed by atoms with Crippen molar-refractivity contribution in [2.24, 2.45) is 5.92 Å². The topological polar surface area (TPSA) is 193 Å². The van der Waals surface area contributed by atoms with Crippen LogP contribution in [0.25, 0.3) is 22.0 Å². The maximum atomic E-state index is 15.6. The maximum absolute atomic E-state index is 15.6. The van der Waals surface area contributed by atoms with Crippen molar-refractivity contribution in [3.63, 3.8) is 0 Å². The SMILES string of the molecule is CN(CC(C)(C)O)C(=O)CN(c1nn(CC(F)(F)F)c2c(-c3ccc(C#CC(C)(C)S(C)(=O)=O)nc3C(Cc3cc(F)cc(F)c3)NC(=O)Cn3nc(C(F)(F)F)c4c3C(F)(F)[C@@H]3C[C@H]43)ccc(Cl)c12)S(=O)O. The van der Waals surface area contributed by atoms with Gasteiger partial charge in [-0.2, -0.15) is 45.3 Å². The standard InChI is InChI=1S/C45H43ClF10N8O7S2/c1-41(2,67)20-61(5)33(66)19-64(72(68)69)40-35-30(46)10-9-27(37(35)63(60-40)21-43(49,50)51)26-8-7-25(11-12-42(3,4)73(6,70)71)57-36(26)31(15-22-13-23(47)16-24(48)14-22)58-32(65)18-62-39-34(38(59-62)45(54,55)56)28-17-29(28)44(39,52)53/h7-10,13-14,16,28-29,31,67H,15,17-21H2,1-6H3,(H,58,65)(H,68,69)/t28-,29+,31?/m0/s1. The van der Waals surface area contributed by atoms with Gasteiger partial charge in [-0.3, -0.25) is 23.5 Å². The summed E-state index contributed by atoms with van der Waals surface area (Å²) in [6.07, 6.45) is -10.4. The second-order valence-corrected chi connectivity index (χ2v) is 22.7. The lowest BCUT2D eigenvalue weighted by molar-refractivity contribution is -0.143. The predicted molar refractivity (Wildman–Crippen MR) is 245 cm³/mol. The number of anilines is 1. The number of halogens is 11. The lowest BCUT2D eigenvalue weighted by Gasteiger charge is -2.27. The van der Waals surface area contributed by atoms with E-state index in [1.807, 2.05) is 0 Å². The van der Waals surface area contributed by atoms with E-state index < -0.39 is 161 Å². The van der Waals surface area contributed by atoms with Gasteiger partial charge < -0.3 is 15.3 Å². The van der Waals surface area contributed by atoms with E-state index in [1.165, 1.54) is 46.9 Å². The summed E-state index contributed by atoms with van der Waals surface area (Å²) < 4.78 is 195. The summed E-state index contributed by atoms with van der Waals surface area (Å²) in [6.45, 7) is 0.668. The first kappa shape index (κ1) is 54.9. The number of sulfone groups is 1. The van der Waals surface area contributed by atoms with E-state index in [4.69, 9.17) is 11.6 Å². The van der Waals surface area contributed by atoms with Crippen molar-refractivity contribution in [1.29, 1.82) is 0 Å². The van der Waals surface area contributed by atoms with E-state index >= 15 is 8.78 Å². The van der Waals surface area contributed by atoms with E-state index in [-0.39, 0.29) is 40.0 Å². The van der Waals surface area contributed by atoms with Gasteiger partial charge in [-0.25, -0.2) is 30.7 Å². The smallest absolute Gasteiger partial charge is 0.389 e. The molecule has 5 aromatic rings. The second-order valence-electron chi connectivity index (χ2n) is 18.8. The number of pyridine rings is 1. The number of fused-ring (bicyclic) bond motifs is 4. The maximum Gasteiger partial charge on any atom is 0.435 e. The summed E-state index contributed by atoms with van der Waals surface area (Å²) in [5.41, 5.74) is -7.10. The number of likely N-dealkylation sites (N-methyl/N-ethyl adjacent to an activating group) is 1. The molecule has 0 bridgehead atoms. The Hall–Kier alpha value is -5.82. The number of benzene rings is 2. The Morgan fingerprint density at radius 3 is 2.21 bits per heavy atom. The number of hydrogen-bond donors (Lipinski definition) is 3. The fraction of sp³-hybridized carbons (Fsp3) is 0.444. The van der Waals surface area contributed by atoms with Gasteiger partial charge in [0.25, 0.3) is 17.2 Å². The number of hydrogen-bond acceptors (Lipinski definition) is 9. The molecule has 3 N–H and O–H groups in total. The Labute approximate surface area is 417 Å². The Kier molecular flexibility index (Phi) is 14.4. The van der Waals surface area contributed by atoms with Crippen LogP contribution in [0.3, 0.4) is 0 Å². The summed E-state index contributed by atoms with van der Waals surface area (Å²) in [4.78, 5) is 33.1. The molecular formula is C45H43ClF10N8O7S2. The predicted octanol–water partition coefficient (Wildman–Crippen LogP) is 7.46. The molecule has 0 saturated heterocycles. The molecule has 4 atom stereocenters. The average Bonchev–Trinajstić information content (AvgIpc) is 3.74. The number of aliphatic hydroxyl groups is 1. The molecule has 3 aromatic heterocycles. The minimum absolute atomic E-state index is 0.200. The highest BCUT2D eigenvalue weighted by molar-refractivity contribution is 7.92. The van der Waals surface area contributed by atoms with E-state index in [2.05, 4.69) is 32.3 Å². The molecule has 1 saturated carbocycles. The van der Waals surface area contributed by atoms with Crippen molar-refractivity contribution < 1.29 is 75.8 Å². The minimum atomic E-state index is -5.22. The summed E-state index contributed by atoms with van der Waals surface area (Å²) >= 11 is 3.44. The van der Waals surface area contributed by atoms with Crippen molar-refractivity contribution in [1.82, 2.24) is 34.8 Å². The summed E-state index contributed by atoms with van der Waals surface area (Å²) in [6, 6.07) is 4.96. The number of nitrogens with one attached hydrogen (secondary N) is 1. The van der Waals surface area contributed by atoms with Crippen LogP contribution >= 0.6 is 11.6 Å². The van der Waals surface area contributed by atoms with Gasteiger partial charge in [0.05, 0.1) is 33.3 Å². The van der Waals surface area contributed by atoms with Gasteiger partial charge >= 0.3 is 12.4 Å². The zero-order chi connectivity index (χ0) is 54.3. The van der Waals surface area contributed by atoms with Crippen molar-refractivity contribution in [2.75, 3.05) is 30.7 Å². The molecular weight excluding hydrogens is 1050 g/mol. The van der Waals surface area contributed by atoms with Crippen LogP contribution in [-0.2, 0) is 62.3 Å². The molecule has 2 aromatic carbocycles. The molecule has 15 nitrogen and oxygen atoms in total. The van der Waals surface area contributed by atoms with Crippen molar-refractivity contribution in [3.8, 4) is 23.0 Å². The summed E-state index contributed by atoms with van der Waals surface area (Å²) in [5, 5.41) is 19.3. The third kappa shape index (κ3) is 11.6. The van der Waals surface area contributed by atoms with Crippen LogP contribution in [-0.4, -0.2) is 106 Å². The third-order valence-corrected chi connectivity index (χ3v) is 15.0. The van der Waals surface area contributed by atoms with Crippen LogP contribution in [0.4, 0.5) is 49.7 Å². The Balaban J connectivity index is 1.46. The lowest BCUT2D eigenvalue weighted by Crippen LogP contribution is -2.45. The average molecular weight is 1100 g/mol. The largest absolute Gasteiger partial charge is 0.435 e. The molecule has 3 heterocycles. The van der Waals surface area contributed by atoms with Gasteiger partial charge in [0, 0.05) is 48.5 Å². The number of amides is 2. The van der Waals surface area contributed by atoms with Gasteiger partial charge in [0.2, 0.25) is 11.8 Å². The first-order chi connectivity index (χ1) is 33.5. The quantitative estimate of drug-likeness (QED) is 0.0539. The number of rotatable bonds is 15. The van der Waals surface area contributed by atoms with Crippen molar-refractivity contribution in [3.05, 3.63) is 93.0 Å². The van der Waals surface area contributed by atoms with Crippen LogP contribution in [0.5, 0.6) is 0 Å². The molecule has 394 valence electrons. The number of carbonyl (C=O) groups excluding carboxylic acids is 2. The first-order valence-electron chi connectivity index (χ1n) is 21.6. The highest BCUT2D eigenvalue weighted by Crippen LogP contribution is 2.68. The van der Waals surface area contributed by atoms with Gasteiger partial charge in [0.1, 0.15) is 47.4 Å². The molecule has 73 heavy (non-hydrogen) atoms. The first-order valence-corrected chi connectivity index (χ1v) is 25.0. The molecule has 0 aliphatic heterocycles. The molecule has 0 spiro atoms. The van der Waals surface area contributed by atoms with Crippen LogP contribution in [0.2, 0.25) is 5.02 Å². The van der Waals surface area contributed by atoms with Gasteiger partial charge in [-0.15, -0.1) is 0 Å². The van der Waals surface area contributed by atoms with Crippen LogP contribution in [0.15, 0.2) is 42.5 Å². The van der Waals surface area contributed by atoms with Gasteiger partial charge in [0.15, 0.2) is 21.3 Å². The lowest BCUT2D eigenvalue weighted by atomic mass is 9.93. The third-order valence-electron chi connectivity index (χ3n) is 12.1. The Morgan fingerprint density at radius 2 is 1.63 bits per heavy atom. The number of carbonyl (C=O) groups is 2. The van der Waals surface area contributed by atoms with Crippen molar-refractivity contribution >= 4 is 61.2 Å². The fourth-order valence-corrected chi connectivity index (χ4v) is 9.52. The van der Waals surface area contributed by atoms with E-state index in [0.29, 0.717) is 15.1 Å². The Morgan fingerprint density at radius 1 is 1.00 bits per heavy atom. The fourth-order valence-electron chi connectivity index (χ4n) is 8.55. The van der Waals surface area contributed by atoms with Crippen LogP contribution in [0.1, 0.15) is 80.0 Å². The normalized spacial score (nSPS) is 17.4. The van der Waals surface area contributed by atoms with Crippen LogP contribution < -0.4 is 9.62 Å². The monoisotopic (exact) mass is 1100 g/mol.